The van der Waals surface area contributed by atoms with Gasteiger partial charge >= 0.3 is 6.18 Å². The molecule has 3 aromatic rings. The summed E-state index contributed by atoms with van der Waals surface area (Å²) in [5.41, 5.74) is 0.732. The van der Waals surface area contributed by atoms with Gasteiger partial charge in [-0.15, -0.1) is 0 Å². The van der Waals surface area contributed by atoms with Crippen molar-refractivity contribution >= 4 is 23.2 Å². The highest BCUT2D eigenvalue weighted by Gasteiger charge is 2.33. The van der Waals surface area contributed by atoms with Gasteiger partial charge in [0, 0.05) is 11.3 Å². The van der Waals surface area contributed by atoms with E-state index in [-0.39, 0.29) is 11.6 Å². The van der Waals surface area contributed by atoms with Gasteiger partial charge in [0.2, 0.25) is 0 Å². The molecule has 0 saturated heterocycles. The van der Waals surface area contributed by atoms with Gasteiger partial charge in [0.05, 0.1) is 11.3 Å². The topological polar surface area (TPSA) is 67.4 Å². The zero-order valence-electron chi connectivity index (χ0n) is 16.5. The van der Waals surface area contributed by atoms with Crippen molar-refractivity contribution in [2.45, 2.75) is 13.1 Å². The fraction of sp³-hybridized carbons (Fsp3) is 0.130. The van der Waals surface area contributed by atoms with Crippen molar-refractivity contribution in [2.75, 3.05) is 17.2 Å². The minimum Gasteiger partial charge on any atom is -0.484 e. The molecule has 31 heavy (non-hydrogen) atoms. The molecular formula is C23H19F3N2O3. The van der Waals surface area contributed by atoms with E-state index in [0.717, 1.165) is 11.6 Å². The molecule has 0 unspecified atom stereocenters. The molecule has 0 radical (unpaired) electrons. The first-order valence-electron chi connectivity index (χ1n) is 9.30. The molecule has 0 bridgehead atoms. The molecule has 0 spiro atoms. The van der Waals surface area contributed by atoms with Crippen LogP contribution in [0.2, 0.25) is 0 Å². The summed E-state index contributed by atoms with van der Waals surface area (Å²) in [6.07, 6.45) is -4.58. The third kappa shape index (κ3) is 5.85. The number of amides is 2. The highest BCUT2D eigenvalue weighted by Crippen LogP contribution is 2.34. The Labute approximate surface area is 176 Å². The van der Waals surface area contributed by atoms with Crippen LogP contribution in [0, 0.1) is 6.92 Å². The number of hydrogen-bond acceptors (Lipinski definition) is 3. The number of carbonyl (C=O) groups excluding carboxylic acids is 2. The molecule has 0 aliphatic carbocycles. The number of ether oxygens (including phenoxy) is 1. The minimum absolute atomic E-state index is 0.298. The van der Waals surface area contributed by atoms with Crippen LogP contribution in [0.1, 0.15) is 21.5 Å². The molecule has 0 aromatic heterocycles. The van der Waals surface area contributed by atoms with Crippen molar-refractivity contribution in [1.82, 2.24) is 0 Å². The SMILES string of the molecule is Cc1ccccc1NC(=O)c1ccc(OCC(=O)Nc2ccccc2C(F)(F)F)cc1. The lowest BCUT2D eigenvalue weighted by Gasteiger charge is -2.14. The van der Waals surface area contributed by atoms with Crippen LogP contribution in [0.15, 0.2) is 72.8 Å². The molecule has 3 aromatic carbocycles. The van der Waals surface area contributed by atoms with Gasteiger partial charge in [-0.1, -0.05) is 30.3 Å². The van der Waals surface area contributed by atoms with Crippen molar-refractivity contribution in [1.29, 1.82) is 0 Å². The van der Waals surface area contributed by atoms with Gasteiger partial charge in [0.25, 0.3) is 11.8 Å². The van der Waals surface area contributed by atoms with E-state index in [1.54, 1.807) is 6.07 Å². The molecule has 0 heterocycles. The van der Waals surface area contributed by atoms with Gasteiger partial charge in [-0.25, -0.2) is 0 Å². The van der Waals surface area contributed by atoms with Gasteiger partial charge < -0.3 is 15.4 Å². The van der Waals surface area contributed by atoms with E-state index in [9.17, 15) is 22.8 Å². The van der Waals surface area contributed by atoms with E-state index >= 15 is 0 Å². The quantitative estimate of drug-likeness (QED) is 0.561. The predicted molar refractivity (Wildman–Crippen MR) is 111 cm³/mol. The molecule has 0 fully saturated rings. The molecule has 0 aliphatic rings. The Kier molecular flexibility index (Phi) is 6.59. The Morgan fingerprint density at radius 3 is 2.10 bits per heavy atom. The van der Waals surface area contributed by atoms with Gasteiger partial charge in [0.1, 0.15) is 5.75 Å². The van der Waals surface area contributed by atoms with Crippen LogP contribution >= 0.6 is 0 Å². The molecule has 0 saturated carbocycles. The lowest BCUT2D eigenvalue weighted by Crippen LogP contribution is -2.22. The summed E-state index contributed by atoms with van der Waals surface area (Å²) in [6, 6.07) is 18.1. The Morgan fingerprint density at radius 2 is 1.45 bits per heavy atom. The fourth-order valence-corrected chi connectivity index (χ4v) is 2.78. The van der Waals surface area contributed by atoms with Gasteiger partial charge in [0.15, 0.2) is 6.61 Å². The zero-order valence-corrected chi connectivity index (χ0v) is 16.5. The molecule has 5 nitrogen and oxygen atoms in total. The van der Waals surface area contributed by atoms with Crippen molar-refractivity contribution in [2.24, 2.45) is 0 Å². The Hall–Kier alpha value is -3.81. The maximum absolute atomic E-state index is 13.0. The summed E-state index contributed by atoms with van der Waals surface area (Å²) in [5, 5.41) is 5.01. The average Bonchev–Trinajstić information content (AvgIpc) is 2.74. The molecule has 3 rings (SSSR count). The number of carbonyl (C=O) groups is 2. The van der Waals surface area contributed by atoms with Gasteiger partial charge in [-0.2, -0.15) is 13.2 Å². The number of nitrogens with one attached hydrogen (secondary N) is 2. The highest BCUT2D eigenvalue weighted by atomic mass is 19.4. The largest absolute Gasteiger partial charge is 0.484 e. The molecule has 160 valence electrons. The van der Waals surface area contributed by atoms with Crippen LogP contribution in [0.25, 0.3) is 0 Å². The van der Waals surface area contributed by atoms with Crippen LogP contribution < -0.4 is 15.4 Å². The Balaban J connectivity index is 1.57. The molecule has 0 atom stereocenters. The summed E-state index contributed by atoms with van der Waals surface area (Å²) in [6.45, 7) is 1.39. The number of para-hydroxylation sites is 2. The number of rotatable bonds is 6. The molecule has 0 aliphatic heterocycles. The van der Waals surface area contributed by atoms with Crippen LogP contribution in [0.4, 0.5) is 24.5 Å². The van der Waals surface area contributed by atoms with Gasteiger partial charge in [-0.3, -0.25) is 9.59 Å². The van der Waals surface area contributed by atoms with E-state index in [0.29, 0.717) is 17.0 Å². The van der Waals surface area contributed by atoms with Crippen molar-refractivity contribution in [3.8, 4) is 5.75 Å². The number of halogens is 3. The van der Waals surface area contributed by atoms with Crippen LogP contribution in [0.5, 0.6) is 5.75 Å². The second kappa shape index (κ2) is 9.34. The number of aryl methyl sites for hydroxylation is 1. The molecule has 2 amide bonds. The maximum atomic E-state index is 13.0. The minimum atomic E-state index is -4.58. The van der Waals surface area contributed by atoms with Gasteiger partial charge in [-0.05, 0) is 55.0 Å². The predicted octanol–water partition coefficient (Wildman–Crippen LogP) is 5.28. The van der Waals surface area contributed by atoms with E-state index in [1.807, 2.05) is 25.1 Å². The summed E-state index contributed by atoms with van der Waals surface area (Å²) < 4.78 is 44.3. The van der Waals surface area contributed by atoms with Crippen LogP contribution in [0.3, 0.4) is 0 Å². The number of anilines is 2. The maximum Gasteiger partial charge on any atom is 0.418 e. The van der Waals surface area contributed by atoms with Crippen molar-refractivity contribution in [3.05, 3.63) is 89.5 Å². The zero-order chi connectivity index (χ0) is 22.4. The van der Waals surface area contributed by atoms with E-state index in [2.05, 4.69) is 10.6 Å². The number of hydrogen-bond donors (Lipinski definition) is 2. The fourth-order valence-electron chi connectivity index (χ4n) is 2.78. The monoisotopic (exact) mass is 428 g/mol. The second-order valence-corrected chi connectivity index (χ2v) is 6.67. The number of benzene rings is 3. The third-order valence-corrected chi connectivity index (χ3v) is 4.39. The first-order valence-corrected chi connectivity index (χ1v) is 9.30. The molecular weight excluding hydrogens is 409 g/mol. The van der Waals surface area contributed by atoms with Crippen molar-refractivity contribution < 1.29 is 27.5 Å². The Morgan fingerprint density at radius 1 is 0.839 bits per heavy atom. The van der Waals surface area contributed by atoms with Crippen LogP contribution in [-0.2, 0) is 11.0 Å². The van der Waals surface area contributed by atoms with E-state index < -0.39 is 24.3 Å². The van der Waals surface area contributed by atoms with E-state index in [4.69, 9.17) is 4.74 Å². The summed E-state index contributed by atoms with van der Waals surface area (Å²) in [5.74, 6) is -0.743. The lowest BCUT2D eigenvalue weighted by atomic mass is 10.1. The average molecular weight is 428 g/mol. The van der Waals surface area contributed by atoms with E-state index in [1.165, 1.54) is 42.5 Å². The number of alkyl halides is 3. The third-order valence-electron chi connectivity index (χ3n) is 4.39. The second-order valence-electron chi connectivity index (χ2n) is 6.67. The highest BCUT2D eigenvalue weighted by molar-refractivity contribution is 6.04. The van der Waals surface area contributed by atoms with Crippen LogP contribution in [-0.4, -0.2) is 18.4 Å². The lowest BCUT2D eigenvalue weighted by molar-refractivity contribution is -0.137. The summed E-state index contributed by atoms with van der Waals surface area (Å²) in [7, 11) is 0. The first kappa shape index (κ1) is 21.9. The molecule has 2 N–H and O–H groups in total. The summed E-state index contributed by atoms with van der Waals surface area (Å²) >= 11 is 0. The molecule has 8 heteroatoms. The normalized spacial score (nSPS) is 11.0. The smallest absolute Gasteiger partial charge is 0.418 e. The standard InChI is InChI=1S/C23H19F3N2O3/c1-15-6-2-4-8-19(15)28-22(30)16-10-12-17(13-11-16)31-14-21(29)27-20-9-5-3-7-18(20)23(24,25)26/h2-13H,14H2,1H3,(H,27,29)(H,28,30). The Bertz CT molecular complexity index is 1080. The summed E-state index contributed by atoms with van der Waals surface area (Å²) in [4.78, 5) is 24.4. The first-order chi connectivity index (χ1) is 14.7. The van der Waals surface area contributed by atoms with Crippen molar-refractivity contribution in [3.63, 3.8) is 0 Å².